The van der Waals surface area contributed by atoms with Gasteiger partial charge in [0.15, 0.2) is 5.13 Å². The van der Waals surface area contributed by atoms with E-state index < -0.39 is 0 Å². The van der Waals surface area contributed by atoms with Crippen LogP contribution in [0.25, 0.3) is 11.3 Å². The molecule has 1 aromatic heterocycles. The van der Waals surface area contributed by atoms with E-state index in [0.717, 1.165) is 30.5 Å². The molecule has 0 unspecified atom stereocenters. The van der Waals surface area contributed by atoms with E-state index in [-0.39, 0.29) is 11.8 Å². The number of rotatable bonds is 4. The van der Waals surface area contributed by atoms with Gasteiger partial charge in [-0.05, 0) is 24.8 Å². The summed E-state index contributed by atoms with van der Waals surface area (Å²) in [6, 6.07) is 8.43. The van der Waals surface area contributed by atoms with Gasteiger partial charge in [-0.2, -0.15) is 0 Å². The van der Waals surface area contributed by atoms with Crippen LogP contribution in [0, 0.1) is 5.92 Å². The van der Waals surface area contributed by atoms with Crippen molar-refractivity contribution in [2.24, 2.45) is 5.92 Å². The van der Waals surface area contributed by atoms with Crippen molar-refractivity contribution in [1.82, 2.24) is 4.98 Å². The molecule has 20 heavy (non-hydrogen) atoms. The Labute approximate surface area is 123 Å². The molecule has 1 aliphatic rings. The number of nitrogens with one attached hydrogen (secondary N) is 1. The van der Waals surface area contributed by atoms with Gasteiger partial charge in [0.25, 0.3) is 0 Å². The maximum atomic E-state index is 11.9. The summed E-state index contributed by atoms with van der Waals surface area (Å²) < 4.78 is 0. The van der Waals surface area contributed by atoms with Crippen LogP contribution in [0.1, 0.15) is 31.7 Å². The molecule has 1 aliphatic carbocycles. The van der Waals surface area contributed by atoms with Crippen LogP contribution in [0.5, 0.6) is 0 Å². The number of aromatic nitrogens is 1. The smallest absolute Gasteiger partial charge is 0.229 e. The van der Waals surface area contributed by atoms with E-state index in [2.05, 4.69) is 41.5 Å². The molecular weight excluding hydrogens is 268 g/mol. The lowest BCUT2D eigenvalue weighted by Crippen LogP contribution is -2.27. The predicted molar refractivity (Wildman–Crippen MR) is 82.9 cm³/mol. The number of aryl methyl sites for hydroxylation is 1. The Bertz CT molecular complexity index is 599. The third-order valence-corrected chi connectivity index (χ3v) is 4.63. The minimum atomic E-state index is 0.124. The summed E-state index contributed by atoms with van der Waals surface area (Å²) in [5, 5.41) is 5.63. The van der Waals surface area contributed by atoms with Crippen molar-refractivity contribution in [3.63, 3.8) is 0 Å². The topological polar surface area (TPSA) is 42.0 Å². The first-order chi connectivity index (χ1) is 9.76. The van der Waals surface area contributed by atoms with Gasteiger partial charge in [0.1, 0.15) is 0 Å². The van der Waals surface area contributed by atoms with Crippen LogP contribution in [0.2, 0.25) is 0 Å². The second kappa shape index (κ2) is 5.75. The van der Waals surface area contributed by atoms with Gasteiger partial charge < -0.3 is 5.32 Å². The molecule has 1 N–H and O–H groups in total. The fourth-order valence-corrected chi connectivity index (χ4v) is 2.98. The molecule has 0 aliphatic heterocycles. The normalized spacial score (nSPS) is 14.8. The number of hydrogen-bond acceptors (Lipinski definition) is 3. The van der Waals surface area contributed by atoms with E-state index in [0.29, 0.717) is 5.13 Å². The molecule has 0 atom stereocenters. The number of nitrogens with zero attached hydrogens (tertiary/aromatic N) is 1. The second-order valence-corrected chi connectivity index (χ2v) is 6.06. The summed E-state index contributed by atoms with van der Waals surface area (Å²) in [4.78, 5) is 16.4. The summed E-state index contributed by atoms with van der Waals surface area (Å²) >= 11 is 1.49. The molecule has 3 nitrogen and oxygen atoms in total. The van der Waals surface area contributed by atoms with Crippen molar-refractivity contribution >= 4 is 22.4 Å². The van der Waals surface area contributed by atoms with Gasteiger partial charge in [-0.15, -0.1) is 11.3 Å². The van der Waals surface area contributed by atoms with Crippen LogP contribution in [0.3, 0.4) is 0 Å². The van der Waals surface area contributed by atoms with E-state index in [4.69, 9.17) is 0 Å². The molecule has 0 spiro atoms. The highest BCUT2D eigenvalue weighted by molar-refractivity contribution is 7.14. The molecule has 1 fully saturated rings. The molecule has 1 heterocycles. The van der Waals surface area contributed by atoms with Crippen LogP contribution < -0.4 is 5.32 Å². The highest BCUT2D eigenvalue weighted by atomic mass is 32.1. The molecule has 104 valence electrons. The standard InChI is InChI=1S/C16H18N2OS/c1-2-11-6-8-12(9-7-11)14-10-20-16(17-14)18-15(19)13-4-3-5-13/h6-10,13H,2-5H2,1H3,(H,17,18,19). The van der Waals surface area contributed by atoms with Crippen molar-refractivity contribution in [1.29, 1.82) is 0 Å². The average Bonchev–Trinajstić information content (AvgIpc) is 2.85. The number of carbonyl (C=O) groups excluding carboxylic acids is 1. The Morgan fingerprint density at radius 2 is 2.10 bits per heavy atom. The third kappa shape index (κ3) is 2.75. The molecule has 0 saturated heterocycles. The minimum absolute atomic E-state index is 0.124. The van der Waals surface area contributed by atoms with Crippen LogP contribution in [0.15, 0.2) is 29.6 Å². The zero-order chi connectivity index (χ0) is 13.9. The Morgan fingerprint density at radius 3 is 2.70 bits per heavy atom. The Morgan fingerprint density at radius 1 is 1.35 bits per heavy atom. The number of carbonyl (C=O) groups is 1. The van der Waals surface area contributed by atoms with Crippen molar-refractivity contribution in [3.05, 3.63) is 35.2 Å². The highest BCUT2D eigenvalue weighted by Crippen LogP contribution is 2.29. The zero-order valence-electron chi connectivity index (χ0n) is 11.6. The minimum Gasteiger partial charge on any atom is -0.302 e. The summed E-state index contributed by atoms with van der Waals surface area (Å²) in [6.07, 6.45) is 4.25. The molecular formula is C16H18N2OS. The SMILES string of the molecule is CCc1ccc(-c2csc(NC(=O)C3CCC3)n2)cc1. The fourth-order valence-electron chi connectivity index (χ4n) is 2.25. The van der Waals surface area contributed by atoms with Gasteiger partial charge in [0, 0.05) is 16.9 Å². The number of hydrogen-bond donors (Lipinski definition) is 1. The Kier molecular flexibility index (Phi) is 3.83. The maximum absolute atomic E-state index is 11.9. The van der Waals surface area contributed by atoms with Gasteiger partial charge in [-0.25, -0.2) is 4.98 Å². The van der Waals surface area contributed by atoms with Crippen molar-refractivity contribution in [2.45, 2.75) is 32.6 Å². The summed E-state index contributed by atoms with van der Waals surface area (Å²) in [5.41, 5.74) is 3.35. The molecule has 4 heteroatoms. The van der Waals surface area contributed by atoms with Crippen molar-refractivity contribution < 1.29 is 4.79 Å². The van der Waals surface area contributed by atoms with Crippen LogP contribution in [-0.2, 0) is 11.2 Å². The summed E-state index contributed by atoms with van der Waals surface area (Å²) in [6.45, 7) is 2.14. The number of thiazole rings is 1. The van der Waals surface area contributed by atoms with E-state index >= 15 is 0 Å². The van der Waals surface area contributed by atoms with Crippen LogP contribution in [-0.4, -0.2) is 10.9 Å². The lowest BCUT2D eigenvalue weighted by atomic mass is 9.85. The number of benzene rings is 1. The molecule has 1 saturated carbocycles. The second-order valence-electron chi connectivity index (χ2n) is 5.21. The first-order valence-corrected chi connectivity index (χ1v) is 8.00. The maximum Gasteiger partial charge on any atom is 0.229 e. The van der Waals surface area contributed by atoms with E-state index in [9.17, 15) is 4.79 Å². The zero-order valence-corrected chi connectivity index (χ0v) is 12.4. The average molecular weight is 286 g/mol. The van der Waals surface area contributed by atoms with Crippen LogP contribution >= 0.6 is 11.3 Å². The molecule has 1 aromatic carbocycles. The van der Waals surface area contributed by atoms with Gasteiger partial charge in [0.2, 0.25) is 5.91 Å². The highest BCUT2D eigenvalue weighted by Gasteiger charge is 2.25. The number of anilines is 1. The largest absolute Gasteiger partial charge is 0.302 e. The van der Waals surface area contributed by atoms with Gasteiger partial charge >= 0.3 is 0 Å². The Balaban J connectivity index is 1.70. The molecule has 2 aromatic rings. The third-order valence-electron chi connectivity index (χ3n) is 3.87. The lowest BCUT2D eigenvalue weighted by Gasteiger charge is -2.23. The fraction of sp³-hybridized carbons (Fsp3) is 0.375. The quantitative estimate of drug-likeness (QED) is 0.919. The molecule has 1 amide bonds. The summed E-state index contributed by atoms with van der Waals surface area (Å²) in [5.74, 6) is 0.324. The van der Waals surface area contributed by atoms with E-state index in [1.807, 2.05) is 5.38 Å². The number of amides is 1. The molecule has 3 rings (SSSR count). The van der Waals surface area contributed by atoms with Crippen molar-refractivity contribution in [3.8, 4) is 11.3 Å². The van der Waals surface area contributed by atoms with E-state index in [1.165, 1.54) is 23.3 Å². The Hall–Kier alpha value is -1.68. The predicted octanol–water partition coefficient (Wildman–Crippen LogP) is 4.11. The van der Waals surface area contributed by atoms with Crippen LogP contribution in [0.4, 0.5) is 5.13 Å². The van der Waals surface area contributed by atoms with E-state index in [1.54, 1.807) is 0 Å². The first-order valence-electron chi connectivity index (χ1n) is 7.12. The van der Waals surface area contributed by atoms with Gasteiger partial charge in [0.05, 0.1) is 5.69 Å². The van der Waals surface area contributed by atoms with Gasteiger partial charge in [-0.1, -0.05) is 37.6 Å². The van der Waals surface area contributed by atoms with Crippen molar-refractivity contribution in [2.75, 3.05) is 5.32 Å². The first kappa shape index (κ1) is 13.3. The molecule has 0 radical (unpaired) electrons. The molecule has 0 bridgehead atoms. The summed E-state index contributed by atoms with van der Waals surface area (Å²) in [7, 11) is 0. The monoisotopic (exact) mass is 286 g/mol. The lowest BCUT2D eigenvalue weighted by molar-refractivity contribution is -0.122. The van der Waals surface area contributed by atoms with Gasteiger partial charge in [-0.3, -0.25) is 4.79 Å².